The van der Waals surface area contributed by atoms with Gasteiger partial charge in [0.2, 0.25) is 5.91 Å². The molecule has 90 valence electrons. The number of hydrogen-bond donors (Lipinski definition) is 2. The fourth-order valence-electron chi connectivity index (χ4n) is 1.74. The molecule has 0 aromatic heterocycles. The van der Waals surface area contributed by atoms with Gasteiger partial charge in [-0.2, -0.15) is 0 Å². The largest absolute Gasteiger partial charge is 0.378 e. The molecule has 1 amide bonds. The average molecular weight is 226 g/mol. The Morgan fingerprint density at radius 1 is 1.62 bits per heavy atom. The Bertz CT molecular complexity index is 287. The summed E-state index contributed by atoms with van der Waals surface area (Å²) in [7, 11) is 0. The zero-order valence-corrected chi connectivity index (χ0v) is 9.53. The number of ether oxygens (including phenoxy) is 1. The summed E-state index contributed by atoms with van der Waals surface area (Å²) in [5.41, 5.74) is 0. The van der Waals surface area contributed by atoms with E-state index in [2.05, 4.69) is 22.5 Å². The predicted molar refractivity (Wildman–Crippen MR) is 60.3 cm³/mol. The third-order valence-electron chi connectivity index (χ3n) is 2.68. The molecular formula is C10H18N4O2. The summed E-state index contributed by atoms with van der Waals surface area (Å²) >= 11 is 0. The predicted octanol–water partition coefficient (Wildman–Crippen LogP) is -1.22. The third kappa shape index (κ3) is 2.85. The van der Waals surface area contributed by atoms with Crippen LogP contribution in [0.25, 0.3) is 0 Å². The van der Waals surface area contributed by atoms with Crippen molar-refractivity contribution in [3.8, 4) is 0 Å². The molecule has 2 heterocycles. The maximum atomic E-state index is 11.8. The quantitative estimate of drug-likeness (QED) is 0.619. The molecule has 2 rings (SSSR count). The van der Waals surface area contributed by atoms with Gasteiger partial charge in [0, 0.05) is 19.1 Å². The zero-order chi connectivity index (χ0) is 11.4. The Morgan fingerprint density at radius 3 is 3.00 bits per heavy atom. The van der Waals surface area contributed by atoms with E-state index in [1.807, 2.05) is 4.90 Å². The van der Waals surface area contributed by atoms with Crippen molar-refractivity contribution in [2.75, 3.05) is 39.4 Å². The van der Waals surface area contributed by atoms with Crippen molar-refractivity contribution < 1.29 is 9.53 Å². The molecule has 0 aliphatic carbocycles. The molecule has 1 saturated heterocycles. The van der Waals surface area contributed by atoms with E-state index in [0.717, 1.165) is 12.5 Å². The van der Waals surface area contributed by atoms with Crippen molar-refractivity contribution in [3.05, 3.63) is 0 Å². The molecule has 2 aliphatic rings. The summed E-state index contributed by atoms with van der Waals surface area (Å²) in [6, 6.07) is 0.362. The second-order valence-electron chi connectivity index (χ2n) is 4.08. The number of carbonyl (C=O) groups excluding carboxylic acids is 1. The van der Waals surface area contributed by atoms with Crippen LogP contribution in [0.15, 0.2) is 4.99 Å². The first kappa shape index (κ1) is 11.2. The van der Waals surface area contributed by atoms with E-state index >= 15 is 0 Å². The standard InChI is InChI=1S/C10H18N4O2/c1-8-6-11-10(13-8)12-7-9(15)14-2-4-16-5-3-14/h8H,2-7H2,1H3,(H2,11,12,13). The summed E-state index contributed by atoms with van der Waals surface area (Å²) in [5, 5.41) is 6.17. The number of rotatable bonds is 2. The van der Waals surface area contributed by atoms with E-state index in [1.54, 1.807) is 0 Å². The number of nitrogens with zero attached hydrogens (tertiary/aromatic N) is 2. The number of aliphatic imine (C=N–C) groups is 1. The van der Waals surface area contributed by atoms with Crippen LogP contribution in [-0.4, -0.2) is 62.2 Å². The monoisotopic (exact) mass is 226 g/mol. The lowest BCUT2D eigenvalue weighted by Gasteiger charge is -2.27. The molecule has 2 N–H and O–H groups in total. The van der Waals surface area contributed by atoms with Gasteiger partial charge >= 0.3 is 0 Å². The average Bonchev–Trinajstić information content (AvgIpc) is 2.73. The number of carbonyl (C=O) groups is 1. The number of nitrogens with one attached hydrogen (secondary N) is 2. The van der Waals surface area contributed by atoms with Gasteiger partial charge in [-0.15, -0.1) is 0 Å². The molecule has 0 bridgehead atoms. The van der Waals surface area contributed by atoms with Crippen molar-refractivity contribution in [1.82, 2.24) is 15.5 Å². The molecule has 6 heteroatoms. The molecule has 0 saturated carbocycles. The first-order valence-corrected chi connectivity index (χ1v) is 5.66. The van der Waals surface area contributed by atoms with Gasteiger partial charge in [-0.3, -0.25) is 9.79 Å². The second kappa shape index (κ2) is 5.16. The normalized spacial score (nSPS) is 24.9. The highest BCUT2D eigenvalue weighted by Gasteiger charge is 2.18. The lowest BCUT2D eigenvalue weighted by Crippen LogP contribution is -2.47. The van der Waals surface area contributed by atoms with Gasteiger partial charge in [-0.25, -0.2) is 0 Å². The van der Waals surface area contributed by atoms with Gasteiger partial charge in [0.15, 0.2) is 5.96 Å². The Balaban J connectivity index is 1.71. The topological polar surface area (TPSA) is 66.0 Å². The maximum absolute atomic E-state index is 11.8. The summed E-state index contributed by atoms with van der Waals surface area (Å²) < 4.78 is 5.19. The molecule has 1 atom stereocenters. The van der Waals surface area contributed by atoms with Crippen LogP contribution in [0.5, 0.6) is 0 Å². The van der Waals surface area contributed by atoms with E-state index in [-0.39, 0.29) is 5.91 Å². The molecule has 0 aromatic carbocycles. The van der Waals surface area contributed by atoms with E-state index in [0.29, 0.717) is 38.9 Å². The summed E-state index contributed by atoms with van der Waals surface area (Å²) in [4.78, 5) is 17.8. The smallest absolute Gasteiger partial charge is 0.242 e. The Morgan fingerprint density at radius 2 is 2.38 bits per heavy atom. The van der Waals surface area contributed by atoms with Crippen LogP contribution in [0.4, 0.5) is 0 Å². The lowest BCUT2D eigenvalue weighted by atomic mass is 10.4. The highest BCUT2D eigenvalue weighted by molar-refractivity contribution is 5.87. The molecule has 1 unspecified atom stereocenters. The fourth-order valence-corrected chi connectivity index (χ4v) is 1.74. The van der Waals surface area contributed by atoms with Crippen LogP contribution < -0.4 is 10.6 Å². The van der Waals surface area contributed by atoms with E-state index < -0.39 is 0 Å². The molecular weight excluding hydrogens is 208 g/mol. The zero-order valence-electron chi connectivity index (χ0n) is 9.53. The molecule has 0 spiro atoms. The van der Waals surface area contributed by atoms with Gasteiger partial charge in [0.05, 0.1) is 26.3 Å². The van der Waals surface area contributed by atoms with Crippen LogP contribution in [0, 0.1) is 0 Å². The van der Waals surface area contributed by atoms with Crippen molar-refractivity contribution in [3.63, 3.8) is 0 Å². The Labute approximate surface area is 95.0 Å². The molecule has 0 radical (unpaired) electrons. The van der Waals surface area contributed by atoms with Gasteiger partial charge in [-0.1, -0.05) is 0 Å². The van der Waals surface area contributed by atoms with E-state index in [9.17, 15) is 4.79 Å². The van der Waals surface area contributed by atoms with Gasteiger partial charge in [0.25, 0.3) is 0 Å². The minimum atomic E-state index is 0.104. The number of hydrogen-bond acceptors (Lipinski definition) is 5. The fraction of sp³-hybridized carbons (Fsp3) is 0.800. The Hall–Kier alpha value is -1.30. The second-order valence-corrected chi connectivity index (χ2v) is 4.08. The first-order chi connectivity index (χ1) is 7.75. The maximum Gasteiger partial charge on any atom is 0.242 e. The van der Waals surface area contributed by atoms with Crippen molar-refractivity contribution in [2.45, 2.75) is 13.0 Å². The van der Waals surface area contributed by atoms with Crippen LogP contribution >= 0.6 is 0 Å². The van der Waals surface area contributed by atoms with E-state index in [1.165, 1.54) is 0 Å². The number of amides is 1. The summed E-state index contributed by atoms with van der Waals surface area (Å²) in [6.07, 6.45) is 0. The van der Waals surface area contributed by atoms with Crippen molar-refractivity contribution in [2.24, 2.45) is 4.99 Å². The molecule has 2 aliphatic heterocycles. The van der Waals surface area contributed by atoms with Crippen LogP contribution in [0.2, 0.25) is 0 Å². The number of guanidine groups is 1. The van der Waals surface area contributed by atoms with Crippen LogP contribution in [-0.2, 0) is 9.53 Å². The summed E-state index contributed by atoms with van der Waals surface area (Å²) in [6.45, 7) is 5.80. The van der Waals surface area contributed by atoms with Crippen LogP contribution in [0.1, 0.15) is 6.92 Å². The minimum Gasteiger partial charge on any atom is -0.378 e. The third-order valence-corrected chi connectivity index (χ3v) is 2.68. The number of morpholine rings is 1. The van der Waals surface area contributed by atoms with E-state index in [4.69, 9.17) is 4.74 Å². The first-order valence-electron chi connectivity index (χ1n) is 5.66. The lowest BCUT2D eigenvalue weighted by molar-refractivity contribution is -0.134. The summed E-state index contributed by atoms with van der Waals surface area (Å²) in [5.74, 6) is 0.835. The van der Waals surface area contributed by atoms with Gasteiger partial charge in [0.1, 0.15) is 0 Å². The highest BCUT2D eigenvalue weighted by Crippen LogP contribution is 1.97. The molecule has 1 fully saturated rings. The van der Waals surface area contributed by atoms with Crippen molar-refractivity contribution >= 4 is 11.9 Å². The van der Waals surface area contributed by atoms with Gasteiger partial charge in [-0.05, 0) is 6.92 Å². The molecule has 6 nitrogen and oxygen atoms in total. The highest BCUT2D eigenvalue weighted by atomic mass is 16.5. The van der Waals surface area contributed by atoms with Crippen molar-refractivity contribution in [1.29, 1.82) is 0 Å². The van der Waals surface area contributed by atoms with Crippen LogP contribution in [0.3, 0.4) is 0 Å². The SMILES string of the molecule is CC1CN=C(NCC(=O)N2CCOCC2)N1. The minimum absolute atomic E-state index is 0.104. The Kier molecular flexibility index (Phi) is 3.61. The van der Waals surface area contributed by atoms with Gasteiger partial charge < -0.3 is 20.3 Å². The molecule has 16 heavy (non-hydrogen) atoms. The molecule has 0 aromatic rings.